The Bertz CT molecular complexity index is 762. The molecule has 1 aliphatic heterocycles. The summed E-state index contributed by atoms with van der Waals surface area (Å²) in [6.07, 6.45) is 5.88. The van der Waals surface area contributed by atoms with Crippen LogP contribution >= 0.6 is 0 Å². The first-order valence-electron chi connectivity index (χ1n) is 9.85. The highest BCUT2D eigenvalue weighted by atomic mass is 16.1. The largest absolute Gasteiger partial charge is 0.356 e. The van der Waals surface area contributed by atoms with E-state index in [4.69, 9.17) is 4.98 Å². The van der Waals surface area contributed by atoms with Gasteiger partial charge in [-0.2, -0.15) is 0 Å². The number of rotatable bonds is 6. The van der Waals surface area contributed by atoms with Gasteiger partial charge in [0.05, 0.1) is 0 Å². The molecular formula is C22H31N3O. The molecule has 2 unspecified atom stereocenters. The van der Waals surface area contributed by atoms with Gasteiger partial charge < -0.3 is 9.88 Å². The number of fused-ring (bicyclic) bond motifs is 1. The summed E-state index contributed by atoms with van der Waals surface area (Å²) in [5.74, 6) is 1.79. The molecule has 26 heavy (non-hydrogen) atoms. The Labute approximate surface area is 157 Å². The predicted molar refractivity (Wildman–Crippen MR) is 105 cm³/mol. The maximum atomic E-state index is 12.6. The van der Waals surface area contributed by atoms with Gasteiger partial charge in [0.15, 0.2) is 0 Å². The van der Waals surface area contributed by atoms with E-state index in [9.17, 15) is 4.79 Å². The van der Waals surface area contributed by atoms with Gasteiger partial charge in [-0.1, -0.05) is 38.1 Å². The van der Waals surface area contributed by atoms with Crippen LogP contribution in [-0.2, 0) is 11.2 Å². The van der Waals surface area contributed by atoms with Crippen molar-refractivity contribution in [3.8, 4) is 0 Å². The van der Waals surface area contributed by atoms with Gasteiger partial charge in [0.25, 0.3) is 0 Å². The highest BCUT2D eigenvalue weighted by molar-refractivity contribution is 5.77. The van der Waals surface area contributed by atoms with Crippen molar-refractivity contribution in [2.24, 2.45) is 5.92 Å². The third-order valence-electron chi connectivity index (χ3n) is 5.38. The fraction of sp³-hybridized carbons (Fsp3) is 0.545. The van der Waals surface area contributed by atoms with Crippen LogP contribution in [0.4, 0.5) is 0 Å². The Morgan fingerprint density at radius 3 is 2.85 bits per heavy atom. The number of hydrogen-bond donors (Lipinski definition) is 1. The number of aromatic nitrogens is 2. The van der Waals surface area contributed by atoms with E-state index in [0.29, 0.717) is 18.4 Å². The van der Waals surface area contributed by atoms with Gasteiger partial charge in [-0.15, -0.1) is 0 Å². The molecule has 4 heteroatoms. The van der Waals surface area contributed by atoms with E-state index in [0.717, 1.165) is 13.0 Å². The molecule has 4 nitrogen and oxygen atoms in total. The quantitative estimate of drug-likeness (QED) is 0.837. The number of nitrogens with one attached hydrogen (secondary N) is 1. The van der Waals surface area contributed by atoms with Crippen LogP contribution in [0, 0.1) is 12.8 Å². The SMILES string of the molecule is Cc1ccccc1C(CC(=O)NCC(C)C)c1cnc2n1C(C)CCC2. The van der Waals surface area contributed by atoms with Crippen molar-refractivity contribution in [1.29, 1.82) is 0 Å². The lowest BCUT2D eigenvalue weighted by Gasteiger charge is -2.28. The van der Waals surface area contributed by atoms with Crippen molar-refractivity contribution in [1.82, 2.24) is 14.9 Å². The Morgan fingerprint density at radius 1 is 1.35 bits per heavy atom. The zero-order chi connectivity index (χ0) is 18.7. The normalized spacial score (nSPS) is 17.8. The van der Waals surface area contributed by atoms with E-state index in [1.807, 2.05) is 6.20 Å². The maximum Gasteiger partial charge on any atom is 0.221 e. The number of benzene rings is 1. The zero-order valence-corrected chi connectivity index (χ0v) is 16.5. The van der Waals surface area contributed by atoms with Crippen LogP contribution < -0.4 is 5.32 Å². The molecule has 1 aromatic heterocycles. The van der Waals surface area contributed by atoms with Crippen LogP contribution in [0.2, 0.25) is 0 Å². The summed E-state index contributed by atoms with van der Waals surface area (Å²) >= 11 is 0. The Hall–Kier alpha value is -2.10. The van der Waals surface area contributed by atoms with E-state index >= 15 is 0 Å². The molecule has 0 fully saturated rings. The second-order valence-corrected chi connectivity index (χ2v) is 8.02. The smallest absolute Gasteiger partial charge is 0.221 e. The van der Waals surface area contributed by atoms with E-state index in [-0.39, 0.29) is 11.8 Å². The minimum atomic E-state index is 0.0464. The summed E-state index contributed by atoms with van der Waals surface area (Å²) in [7, 11) is 0. The first-order valence-corrected chi connectivity index (χ1v) is 9.85. The molecule has 3 rings (SSSR count). The third-order valence-corrected chi connectivity index (χ3v) is 5.38. The second-order valence-electron chi connectivity index (χ2n) is 8.02. The van der Waals surface area contributed by atoms with Crippen LogP contribution in [-0.4, -0.2) is 22.0 Å². The molecule has 1 aromatic carbocycles. The summed E-state index contributed by atoms with van der Waals surface area (Å²) in [6.45, 7) is 9.36. The Morgan fingerprint density at radius 2 is 2.12 bits per heavy atom. The fourth-order valence-electron chi connectivity index (χ4n) is 3.98. The summed E-state index contributed by atoms with van der Waals surface area (Å²) in [5.41, 5.74) is 3.64. The molecule has 1 amide bonds. The van der Waals surface area contributed by atoms with Gasteiger partial charge in [0.2, 0.25) is 5.91 Å². The molecule has 1 aliphatic rings. The van der Waals surface area contributed by atoms with Crippen molar-refractivity contribution in [2.75, 3.05) is 6.54 Å². The Kier molecular flexibility index (Phi) is 5.80. The highest BCUT2D eigenvalue weighted by Gasteiger charge is 2.28. The van der Waals surface area contributed by atoms with Crippen molar-refractivity contribution in [3.63, 3.8) is 0 Å². The lowest BCUT2D eigenvalue weighted by atomic mass is 9.88. The molecule has 0 saturated heterocycles. The number of nitrogens with zero attached hydrogens (tertiary/aromatic N) is 2. The van der Waals surface area contributed by atoms with Crippen LogP contribution in [0.25, 0.3) is 0 Å². The first-order chi connectivity index (χ1) is 12.5. The van der Waals surface area contributed by atoms with E-state index < -0.39 is 0 Å². The van der Waals surface area contributed by atoms with Crippen molar-refractivity contribution >= 4 is 5.91 Å². The van der Waals surface area contributed by atoms with Gasteiger partial charge in [0.1, 0.15) is 5.82 Å². The maximum absolute atomic E-state index is 12.6. The van der Waals surface area contributed by atoms with Crippen LogP contribution in [0.1, 0.15) is 74.6 Å². The predicted octanol–water partition coefficient (Wildman–Crippen LogP) is 4.38. The molecule has 1 N–H and O–H groups in total. The minimum Gasteiger partial charge on any atom is -0.356 e. The monoisotopic (exact) mass is 353 g/mol. The van der Waals surface area contributed by atoms with E-state index in [2.05, 4.69) is 61.8 Å². The van der Waals surface area contributed by atoms with E-state index in [1.54, 1.807) is 0 Å². The van der Waals surface area contributed by atoms with Gasteiger partial charge in [-0.05, 0) is 43.7 Å². The summed E-state index contributed by atoms with van der Waals surface area (Å²) in [6, 6.07) is 8.86. The lowest BCUT2D eigenvalue weighted by molar-refractivity contribution is -0.121. The second kappa shape index (κ2) is 8.07. The fourth-order valence-corrected chi connectivity index (χ4v) is 3.98. The highest BCUT2D eigenvalue weighted by Crippen LogP contribution is 2.35. The number of carbonyl (C=O) groups is 1. The minimum absolute atomic E-state index is 0.0464. The molecular weight excluding hydrogens is 322 g/mol. The number of aryl methyl sites for hydroxylation is 2. The average molecular weight is 354 g/mol. The van der Waals surface area contributed by atoms with Crippen molar-refractivity contribution in [3.05, 3.63) is 53.1 Å². The van der Waals surface area contributed by atoms with Gasteiger partial charge in [-0.3, -0.25) is 4.79 Å². The molecule has 0 saturated carbocycles. The van der Waals surface area contributed by atoms with Gasteiger partial charge >= 0.3 is 0 Å². The van der Waals surface area contributed by atoms with Gasteiger partial charge in [-0.25, -0.2) is 4.98 Å². The van der Waals surface area contributed by atoms with Crippen LogP contribution in [0.15, 0.2) is 30.5 Å². The summed E-state index contributed by atoms with van der Waals surface area (Å²) in [4.78, 5) is 17.3. The third kappa shape index (κ3) is 4.00. The first kappa shape index (κ1) is 18.7. The zero-order valence-electron chi connectivity index (χ0n) is 16.5. The summed E-state index contributed by atoms with van der Waals surface area (Å²) in [5, 5.41) is 3.09. The van der Waals surface area contributed by atoms with Crippen LogP contribution in [0.5, 0.6) is 0 Å². The van der Waals surface area contributed by atoms with Crippen LogP contribution in [0.3, 0.4) is 0 Å². The molecule has 2 atom stereocenters. The molecule has 0 aliphatic carbocycles. The van der Waals surface area contributed by atoms with E-state index in [1.165, 1.54) is 35.5 Å². The van der Waals surface area contributed by atoms with Crippen molar-refractivity contribution in [2.45, 2.75) is 65.3 Å². The Balaban J connectivity index is 1.95. The summed E-state index contributed by atoms with van der Waals surface area (Å²) < 4.78 is 2.39. The lowest BCUT2D eigenvalue weighted by Crippen LogP contribution is -2.30. The standard InChI is InChI=1S/C22H31N3O/c1-15(2)13-24-22(26)12-19(18-10-6-5-8-16(18)3)20-14-23-21-11-7-9-17(4)25(20)21/h5-6,8,10,14-15,17,19H,7,9,11-13H2,1-4H3,(H,24,26). The number of hydrogen-bond acceptors (Lipinski definition) is 2. The number of imidazole rings is 1. The molecule has 2 aromatic rings. The van der Waals surface area contributed by atoms with Crippen molar-refractivity contribution < 1.29 is 4.79 Å². The molecule has 140 valence electrons. The molecule has 2 heterocycles. The number of amides is 1. The molecule has 0 bridgehead atoms. The average Bonchev–Trinajstić information content (AvgIpc) is 3.04. The number of carbonyl (C=O) groups excluding carboxylic acids is 1. The topological polar surface area (TPSA) is 46.9 Å². The van der Waals surface area contributed by atoms with Gasteiger partial charge in [0, 0.05) is 43.2 Å². The molecule has 0 radical (unpaired) electrons. The molecule has 0 spiro atoms.